The maximum absolute atomic E-state index is 6.18. The zero-order valence-electron chi connectivity index (χ0n) is 20.0. The summed E-state index contributed by atoms with van der Waals surface area (Å²) in [7, 11) is 0. The molecule has 4 aliphatic carbocycles. The second-order valence-electron chi connectivity index (χ2n) is 11.3. The number of aromatic nitrogens is 1. The van der Waals surface area contributed by atoms with Gasteiger partial charge < -0.3 is 4.74 Å². The summed E-state index contributed by atoms with van der Waals surface area (Å²) in [6.07, 6.45) is 10.1. The van der Waals surface area contributed by atoms with Crippen molar-refractivity contribution in [2.24, 2.45) is 5.92 Å². The Hall–Kier alpha value is -2.17. The number of nitrogens with zero attached hydrogens (tertiary/aromatic N) is 3. The van der Waals surface area contributed by atoms with Crippen molar-refractivity contribution in [3.05, 3.63) is 64.9 Å². The predicted octanol–water partition coefficient (Wildman–Crippen LogP) is 5.25. The first-order valence-electron chi connectivity index (χ1n) is 13.1. The molecule has 8 rings (SSSR count). The highest BCUT2D eigenvalue weighted by Gasteiger charge is 2.63. The molecule has 0 N–H and O–H groups in total. The summed E-state index contributed by atoms with van der Waals surface area (Å²) in [5.74, 6) is 1.77. The highest BCUT2D eigenvalue weighted by atomic mass is 16.5. The van der Waals surface area contributed by atoms with Crippen LogP contribution in [0.25, 0.3) is 5.57 Å². The van der Waals surface area contributed by atoms with E-state index in [4.69, 9.17) is 9.72 Å². The molecule has 3 saturated carbocycles. The lowest BCUT2D eigenvalue weighted by molar-refractivity contribution is -0.173. The Morgan fingerprint density at radius 1 is 1.09 bits per heavy atom. The summed E-state index contributed by atoms with van der Waals surface area (Å²) < 4.78 is 6.18. The van der Waals surface area contributed by atoms with Crippen LogP contribution in [-0.2, 0) is 6.42 Å². The lowest BCUT2D eigenvalue weighted by atomic mass is 9.48. The number of hydrogen-bond donors (Lipinski definition) is 0. The van der Waals surface area contributed by atoms with E-state index in [-0.39, 0.29) is 0 Å². The van der Waals surface area contributed by atoms with E-state index >= 15 is 0 Å². The van der Waals surface area contributed by atoms with Crippen LogP contribution in [0.2, 0.25) is 0 Å². The maximum atomic E-state index is 6.18. The molecule has 172 valence electrons. The lowest BCUT2D eigenvalue weighted by Gasteiger charge is -2.70. The van der Waals surface area contributed by atoms with E-state index in [1.165, 1.54) is 55.3 Å². The van der Waals surface area contributed by atoms with Crippen LogP contribution in [0.5, 0.6) is 5.88 Å². The van der Waals surface area contributed by atoms with Crippen molar-refractivity contribution in [1.29, 1.82) is 0 Å². The molecule has 1 saturated heterocycles. The Morgan fingerprint density at radius 3 is 2.61 bits per heavy atom. The minimum atomic E-state index is 0.292. The van der Waals surface area contributed by atoms with Crippen molar-refractivity contribution < 1.29 is 4.74 Å². The zero-order chi connectivity index (χ0) is 22.2. The van der Waals surface area contributed by atoms with Gasteiger partial charge in [-0.05, 0) is 85.7 Å². The first kappa shape index (κ1) is 20.2. The summed E-state index contributed by atoms with van der Waals surface area (Å²) in [6, 6.07) is 14.4. The van der Waals surface area contributed by atoms with E-state index in [1.807, 2.05) is 0 Å². The third-order valence-electron chi connectivity index (χ3n) is 9.07. The smallest absolute Gasteiger partial charge is 0.213 e. The van der Waals surface area contributed by atoms with Crippen LogP contribution in [0.15, 0.2) is 48.2 Å². The van der Waals surface area contributed by atoms with Gasteiger partial charge in [-0.15, -0.1) is 0 Å². The van der Waals surface area contributed by atoms with Gasteiger partial charge in [0.25, 0.3) is 0 Å². The molecule has 2 bridgehead atoms. The molecule has 4 nitrogen and oxygen atoms in total. The molecule has 0 amide bonds. The molecular weight excluding hydrogens is 406 g/mol. The first-order valence-corrected chi connectivity index (χ1v) is 13.1. The molecule has 33 heavy (non-hydrogen) atoms. The standard InChI is InChI=1S/C29H35N3O/c1-3-10-31-17-23(18-31)33-27-9-8-22(16-30-27)28-26-12-21-6-4-5-7-24(21)25(26)11-19(2)32(28)29-13-20(14-29)15-29/h4-9,16,19-20,23,28H,3,10-15,17-18H2,1-2H3/t19-,20?,28-,29?/m1/s1. The normalized spacial score (nSPS) is 33.1. The van der Waals surface area contributed by atoms with Gasteiger partial charge in [0.2, 0.25) is 5.88 Å². The summed E-state index contributed by atoms with van der Waals surface area (Å²) in [6.45, 7) is 7.93. The molecule has 2 atom stereocenters. The van der Waals surface area contributed by atoms with Gasteiger partial charge in [0.15, 0.2) is 0 Å². The van der Waals surface area contributed by atoms with E-state index in [0.29, 0.717) is 23.7 Å². The Bertz CT molecular complexity index is 1080. The highest BCUT2D eigenvalue weighted by Crippen LogP contribution is 2.65. The predicted molar refractivity (Wildman–Crippen MR) is 131 cm³/mol. The Morgan fingerprint density at radius 2 is 1.91 bits per heavy atom. The van der Waals surface area contributed by atoms with Crippen molar-refractivity contribution in [1.82, 2.24) is 14.8 Å². The molecule has 4 heteroatoms. The number of hydrogen-bond acceptors (Lipinski definition) is 4. The number of fused-ring (bicyclic) bond motifs is 2. The van der Waals surface area contributed by atoms with Crippen LogP contribution in [0, 0.1) is 5.92 Å². The quantitative estimate of drug-likeness (QED) is 0.612. The zero-order valence-corrected chi connectivity index (χ0v) is 20.0. The van der Waals surface area contributed by atoms with E-state index in [1.54, 1.807) is 11.1 Å². The Balaban J connectivity index is 1.19. The molecule has 3 heterocycles. The Labute approximate surface area is 197 Å². The van der Waals surface area contributed by atoms with Crippen molar-refractivity contribution in [2.45, 2.75) is 76.1 Å². The van der Waals surface area contributed by atoms with Gasteiger partial charge in [0, 0.05) is 36.9 Å². The number of rotatable bonds is 6. The summed E-state index contributed by atoms with van der Waals surface area (Å²) in [5.41, 5.74) is 8.02. The molecule has 0 unspecified atom stereocenters. The van der Waals surface area contributed by atoms with Crippen molar-refractivity contribution >= 4 is 5.57 Å². The molecule has 6 aliphatic rings. The topological polar surface area (TPSA) is 28.6 Å². The van der Waals surface area contributed by atoms with Crippen LogP contribution in [0.4, 0.5) is 0 Å². The van der Waals surface area contributed by atoms with Gasteiger partial charge in [0.1, 0.15) is 6.10 Å². The van der Waals surface area contributed by atoms with Crippen LogP contribution < -0.4 is 4.74 Å². The summed E-state index contributed by atoms with van der Waals surface area (Å²) in [4.78, 5) is 10.2. The molecule has 2 aromatic rings. The largest absolute Gasteiger partial charge is 0.472 e. The number of ether oxygens (including phenoxy) is 1. The van der Waals surface area contributed by atoms with Crippen molar-refractivity contribution in [2.75, 3.05) is 19.6 Å². The first-order chi connectivity index (χ1) is 16.1. The van der Waals surface area contributed by atoms with E-state index in [2.05, 4.69) is 66.2 Å². The third kappa shape index (κ3) is 3.06. The van der Waals surface area contributed by atoms with Gasteiger partial charge in [-0.25, -0.2) is 4.98 Å². The fraction of sp³-hybridized carbons (Fsp3) is 0.552. The van der Waals surface area contributed by atoms with E-state index in [9.17, 15) is 0 Å². The van der Waals surface area contributed by atoms with Crippen LogP contribution in [-0.4, -0.2) is 52.1 Å². The summed E-state index contributed by atoms with van der Waals surface area (Å²) in [5, 5.41) is 0. The average molecular weight is 442 g/mol. The van der Waals surface area contributed by atoms with Crippen molar-refractivity contribution in [3.8, 4) is 5.88 Å². The van der Waals surface area contributed by atoms with Crippen LogP contribution in [0.1, 0.15) is 68.7 Å². The molecule has 0 radical (unpaired) electrons. The van der Waals surface area contributed by atoms with Gasteiger partial charge >= 0.3 is 0 Å². The monoisotopic (exact) mass is 441 g/mol. The molecule has 0 spiro atoms. The minimum absolute atomic E-state index is 0.292. The van der Waals surface area contributed by atoms with Gasteiger partial charge in [-0.2, -0.15) is 0 Å². The average Bonchev–Trinajstić information content (AvgIpc) is 3.09. The molecule has 4 fully saturated rings. The van der Waals surface area contributed by atoms with Gasteiger partial charge in [-0.3, -0.25) is 9.80 Å². The molecule has 1 aromatic heterocycles. The second-order valence-corrected chi connectivity index (χ2v) is 11.3. The van der Waals surface area contributed by atoms with Crippen molar-refractivity contribution in [3.63, 3.8) is 0 Å². The van der Waals surface area contributed by atoms with Gasteiger partial charge in [0.05, 0.1) is 6.04 Å². The van der Waals surface area contributed by atoms with Crippen LogP contribution in [0.3, 0.4) is 0 Å². The van der Waals surface area contributed by atoms with E-state index < -0.39 is 0 Å². The highest BCUT2D eigenvalue weighted by molar-refractivity contribution is 5.79. The molecule has 2 aliphatic heterocycles. The van der Waals surface area contributed by atoms with Crippen LogP contribution >= 0.6 is 0 Å². The Kier molecular flexibility index (Phi) is 4.54. The fourth-order valence-electron chi connectivity index (χ4n) is 7.51. The number of benzene rings is 1. The third-order valence-corrected chi connectivity index (χ3v) is 9.07. The SMILES string of the molecule is CCCN1CC(Oc2ccc([C@@H]3C4=C(C[C@@H](C)N3C35CC(C3)C5)c3ccccc3C4)cn2)C1. The van der Waals surface area contributed by atoms with E-state index in [0.717, 1.165) is 31.3 Å². The van der Waals surface area contributed by atoms with Gasteiger partial charge in [-0.1, -0.05) is 37.3 Å². The number of likely N-dealkylation sites (tertiary alicyclic amines) is 1. The minimum Gasteiger partial charge on any atom is -0.472 e. The second kappa shape index (κ2) is 7.41. The molecular formula is C29H35N3O. The lowest BCUT2D eigenvalue weighted by Crippen LogP contribution is -2.71. The fourth-order valence-corrected chi connectivity index (χ4v) is 7.51. The molecule has 1 aromatic carbocycles. The summed E-state index contributed by atoms with van der Waals surface area (Å²) >= 11 is 0. The number of pyridine rings is 1. The maximum Gasteiger partial charge on any atom is 0.213 e.